The fraction of sp³-hybridized carbons (Fsp3) is 0.455. The number of hydrogen-bond donors (Lipinski definition) is 2. The number of aromatic nitrogens is 1. The number of nitrogens with two attached hydrogens (primary N) is 1. The molecule has 5 nitrogen and oxygen atoms in total. The summed E-state index contributed by atoms with van der Waals surface area (Å²) in [6.45, 7) is 0.718. The highest BCUT2D eigenvalue weighted by Gasteiger charge is 2.30. The van der Waals surface area contributed by atoms with E-state index in [0.717, 1.165) is 16.8 Å². The van der Waals surface area contributed by atoms with Gasteiger partial charge in [0.2, 0.25) is 0 Å². The molecule has 1 aromatic heterocycles. The minimum Gasteiger partial charge on any atom is -0.409 e. The van der Waals surface area contributed by atoms with Crippen LogP contribution in [0.15, 0.2) is 28.0 Å². The van der Waals surface area contributed by atoms with E-state index in [4.69, 9.17) is 10.9 Å². The van der Waals surface area contributed by atoms with Gasteiger partial charge in [-0.2, -0.15) is 0 Å². The number of anilines is 1. The van der Waals surface area contributed by atoms with Crippen molar-refractivity contribution in [3.63, 3.8) is 0 Å². The molecule has 0 amide bonds. The Hall–Kier alpha value is -1.30. The summed E-state index contributed by atoms with van der Waals surface area (Å²) in [6.07, 6.45) is 4.67. The third kappa shape index (κ3) is 3.09. The fourth-order valence-electron chi connectivity index (χ4n) is 1.72. The number of rotatable bonds is 5. The van der Waals surface area contributed by atoms with E-state index in [2.05, 4.69) is 31.0 Å². The monoisotopic (exact) mass is 298 g/mol. The maximum atomic E-state index is 8.55. The van der Waals surface area contributed by atoms with Gasteiger partial charge in [-0.15, -0.1) is 0 Å². The molecular weight excluding hydrogens is 284 g/mol. The second-order valence-corrected chi connectivity index (χ2v) is 4.93. The van der Waals surface area contributed by atoms with Gasteiger partial charge >= 0.3 is 0 Å². The Morgan fingerprint density at radius 2 is 2.41 bits per heavy atom. The summed E-state index contributed by atoms with van der Waals surface area (Å²) in [5.74, 6) is 1.18. The summed E-state index contributed by atoms with van der Waals surface area (Å²) < 4.78 is 0.978. The Labute approximate surface area is 108 Å². The molecule has 1 aromatic rings. The standard InChI is InChI=1S/C11H15BrN4O/c12-9-2-1-6-14-11(9)16(8-3-4-8)7-5-10(13)15-17/h1-2,6,8,17H,3-5,7H2,(H2,13,15). The maximum absolute atomic E-state index is 8.55. The summed E-state index contributed by atoms with van der Waals surface area (Å²) in [6, 6.07) is 4.40. The average molecular weight is 299 g/mol. The van der Waals surface area contributed by atoms with Crippen LogP contribution in [0.3, 0.4) is 0 Å². The second-order valence-electron chi connectivity index (χ2n) is 4.07. The Kier molecular flexibility index (Phi) is 3.83. The van der Waals surface area contributed by atoms with Gasteiger partial charge in [-0.25, -0.2) is 4.98 Å². The van der Waals surface area contributed by atoms with Crippen LogP contribution < -0.4 is 10.6 Å². The Bertz CT molecular complexity index is 420. The molecule has 2 rings (SSSR count). The molecule has 1 aliphatic carbocycles. The molecule has 0 atom stereocenters. The van der Waals surface area contributed by atoms with E-state index in [1.807, 2.05) is 12.1 Å². The lowest BCUT2D eigenvalue weighted by molar-refractivity contribution is 0.317. The Morgan fingerprint density at radius 1 is 1.65 bits per heavy atom. The van der Waals surface area contributed by atoms with E-state index in [9.17, 15) is 0 Å². The van der Waals surface area contributed by atoms with Crippen LogP contribution in [0.25, 0.3) is 0 Å². The summed E-state index contributed by atoms with van der Waals surface area (Å²) in [4.78, 5) is 6.59. The highest BCUT2D eigenvalue weighted by Crippen LogP contribution is 2.34. The van der Waals surface area contributed by atoms with Crippen molar-refractivity contribution in [3.8, 4) is 0 Å². The van der Waals surface area contributed by atoms with E-state index in [1.165, 1.54) is 12.8 Å². The van der Waals surface area contributed by atoms with Crippen LogP contribution in [0.4, 0.5) is 5.82 Å². The van der Waals surface area contributed by atoms with Crippen molar-refractivity contribution in [1.82, 2.24) is 4.98 Å². The number of hydrogen-bond acceptors (Lipinski definition) is 4. The van der Waals surface area contributed by atoms with Crippen LogP contribution in [-0.4, -0.2) is 28.6 Å². The molecule has 0 unspecified atom stereocenters. The fourth-order valence-corrected chi connectivity index (χ4v) is 2.20. The average Bonchev–Trinajstić information content (AvgIpc) is 3.15. The normalized spacial score (nSPS) is 15.9. The molecule has 0 saturated heterocycles. The third-order valence-electron chi connectivity index (χ3n) is 2.74. The van der Waals surface area contributed by atoms with Crippen LogP contribution in [0.5, 0.6) is 0 Å². The predicted molar refractivity (Wildman–Crippen MR) is 70.3 cm³/mol. The number of amidine groups is 1. The first-order valence-electron chi connectivity index (χ1n) is 5.56. The molecule has 3 N–H and O–H groups in total. The zero-order chi connectivity index (χ0) is 12.3. The van der Waals surface area contributed by atoms with E-state index < -0.39 is 0 Å². The molecule has 0 radical (unpaired) electrons. The van der Waals surface area contributed by atoms with Gasteiger partial charge in [-0.1, -0.05) is 5.16 Å². The summed E-state index contributed by atoms with van der Waals surface area (Å²) in [7, 11) is 0. The minimum atomic E-state index is 0.253. The lowest BCUT2D eigenvalue weighted by Gasteiger charge is -2.24. The largest absolute Gasteiger partial charge is 0.409 e. The molecule has 1 heterocycles. The molecule has 6 heteroatoms. The molecule has 92 valence electrons. The SMILES string of the molecule is N/C(CCN(c1ncccc1Br)C1CC1)=N\O. The number of oxime groups is 1. The van der Waals surface area contributed by atoms with Gasteiger partial charge in [0, 0.05) is 25.2 Å². The molecule has 0 bridgehead atoms. The van der Waals surface area contributed by atoms with Crippen LogP contribution in [-0.2, 0) is 0 Å². The molecule has 0 aromatic carbocycles. The second kappa shape index (κ2) is 5.35. The molecule has 17 heavy (non-hydrogen) atoms. The Balaban J connectivity index is 2.10. The van der Waals surface area contributed by atoms with E-state index in [1.54, 1.807) is 6.20 Å². The first-order valence-corrected chi connectivity index (χ1v) is 6.35. The quantitative estimate of drug-likeness (QED) is 0.377. The van der Waals surface area contributed by atoms with Crippen molar-refractivity contribution >= 4 is 27.6 Å². The summed E-state index contributed by atoms with van der Waals surface area (Å²) in [5, 5.41) is 11.5. The van der Waals surface area contributed by atoms with Crippen LogP contribution in [0.2, 0.25) is 0 Å². The molecule has 1 fully saturated rings. The van der Waals surface area contributed by atoms with E-state index >= 15 is 0 Å². The number of pyridine rings is 1. The smallest absolute Gasteiger partial charge is 0.143 e. The van der Waals surface area contributed by atoms with Crippen LogP contribution >= 0.6 is 15.9 Å². The Morgan fingerprint density at radius 3 is 3.00 bits per heavy atom. The topological polar surface area (TPSA) is 74.7 Å². The van der Waals surface area contributed by atoms with Crippen LogP contribution in [0.1, 0.15) is 19.3 Å². The zero-order valence-corrected chi connectivity index (χ0v) is 11.0. The minimum absolute atomic E-state index is 0.253. The first kappa shape index (κ1) is 12.2. The first-order chi connectivity index (χ1) is 8.22. The molecule has 0 aliphatic heterocycles. The lowest BCUT2D eigenvalue weighted by Crippen LogP contribution is -2.31. The van der Waals surface area contributed by atoms with E-state index in [0.29, 0.717) is 12.5 Å². The third-order valence-corrected chi connectivity index (χ3v) is 3.36. The van der Waals surface area contributed by atoms with Crippen molar-refractivity contribution in [2.45, 2.75) is 25.3 Å². The van der Waals surface area contributed by atoms with Gasteiger partial charge in [-0.3, -0.25) is 0 Å². The van der Waals surface area contributed by atoms with Crippen molar-refractivity contribution < 1.29 is 5.21 Å². The predicted octanol–water partition coefficient (Wildman–Crippen LogP) is 1.95. The molecule has 0 spiro atoms. The highest BCUT2D eigenvalue weighted by atomic mass is 79.9. The molecular formula is C11H15BrN4O. The number of nitrogens with zero attached hydrogens (tertiary/aromatic N) is 3. The van der Waals surface area contributed by atoms with Crippen molar-refractivity contribution in [3.05, 3.63) is 22.8 Å². The molecule has 1 aliphatic rings. The maximum Gasteiger partial charge on any atom is 0.143 e. The van der Waals surface area contributed by atoms with Gasteiger partial charge in [0.15, 0.2) is 0 Å². The van der Waals surface area contributed by atoms with Crippen molar-refractivity contribution in [1.29, 1.82) is 0 Å². The van der Waals surface area contributed by atoms with Crippen molar-refractivity contribution in [2.24, 2.45) is 10.9 Å². The van der Waals surface area contributed by atoms with Gasteiger partial charge in [0.1, 0.15) is 11.7 Å². The number of halogens is 1. The lowest BCUT2D eigenvalue weighted by atomic mass is 10.3. The summed E-state index contributed by atoms with van der Waals surface area (Å²) in [5.41, 5.74) is 5.50. The van der Waals surface area contributed by atoms with E-state index in [-0.39, 0.29) is 5.84 Å². The van der Waals surface area contributed by atoms with Gasteiger partial charge in [-0.05, 0) is 40.9 Å². The van der Waals surface area contributed by atoms with Gasteiger partial charge in [0.05, 0.1) is 4.47 Å². The highest BCUT2D eigenvalue weighted by molar-refractivity contribution is 9.10. The van der Waals surface area contributed by atoms with Gasteiger partial charge in [0.25, 0.3) is 0 Å². The van der Waals surface area contributed by atoms with Gasteiger partial charge < -0.3 is 15.8 Å². The van der Waals surface area contributed by atoms with Crippen molar-refractivity contribution in [2.75, 3.05) is 11.4 Å². The van der Waals surface area contributed by atoms with Crippen LogP contribution in [0, 0.1) is 0 Å². The zero-order valence-electron chi connectivity index (χ0n) is 9.38. The summed E-state index contributed by atoms with van der Waals surface area (Å²) >= 11 is 3.50. The molecule has 1 saturated carbocycles.